The third kappa shape index (κ3) is 10.8. The van der Waals surface area contributed by atoms with Gasteiger partial charge in [0.2, 0.25) is 11.8 Å². The number of anilines is 1. The molecule has 2 rings (SSSR count). The van der Waals surface area contributed by atoms with Crippen molar-refractivity contribution in [2.75, 3.05) is 11.9 Å². The Kier molecular flexibility index (Phi) is 13.0. The molecule has 0 atom stereocenters. The molecule has 6 heteroatoms. The number of unbranched alkanes of at least 4 members (excludes halogenated alkanes) is 10. The standard InChI is InChI=1S/C25H43N3O3/c1-2-3-4-5-6-7-8-9-10-11-15-18-25(30)28(22-16-13-12-14-17-22)21-24(29)26-23-19-20-31-27-23/h19-20,22H,2-18,21H2,1H3,(H,26,27,29). The number of aromatic nitrogens is 1. The Balaban J connectivity index is 1.65. The van der Waals surface area contributed by atoms with Crippen LogP contribution in [-0.4, -0.2) is 34.5 Å². The Morgan fingerprint density at radius 3 is 2.16 bits per heavy atom. The van der Waals surface area contributed by atoms with Crippen LogP contribution in [-0.2, 0) is 9.59 Å². The molecular weight excluding hydrogens is 390 g/mol. The van der Waals surface area contributed by atoms with Gasteiger partial charge in [0.25, 0.3) is 0 Å². The van der Waals surface area contributed by atoms with Crippen molar-refractivity contribution in [2.24, 2.45) is 0 Å². The average Bonchev–Trinajstić information content (AvgIpc) is 3.29. The molecule has 1 fully saturated rings. The number of nitrogens with zero attached hydrogens (tertiary/aromatic N) is 2. The van der Waals surface area contributed by atoms with Gasteiger partial charge in [-0.2, -0.15) is 0 Å². The first-order valence-electron chi connectivity index (χ1n) is 12.7. The van der Waals surface area contributed by atoms with Gasteiger partial charge in [-0.05, 0) is 19.3 Å². The molecule has 1 aliphatic carbocycles. The number of rotatable bonds is 16. The molecule has 0 aromatic carbocycles. The number of carbonyl (C=O) groups excluding carboxylic acids is 2. The highest BCUT2D eigenvalue weighted by atomic mass is 16.5. The minimum Gasteiger partial charge on any atom is -0.363 e. The molecule has 0 spiro atoms. The van der Waals surface area contributed by atoms with Crippen molar-refractivity contribution < 1.29 is 14.1 Å². The Hall–Kier alpha value is -1.85. The fraction of sp³-hybridized carbons (Fsp3) is 0.800. The van der Waals surface area contributed by atoms with Crippen LogP contribution in [0.2, 0.25) is 0 Å². The predicted octanol–water partition coefficient (Wildman–Crippen LogP) is 6.48. The molecular formula is C25H43N3O3. The molecule has 6 nitrogen and oxygen atoms in total. The van der Waals surface area contributed by atoms with Crippen molar-refractivity contribution in [2.45, 2.75) is 122 Å². The molecule has 0 radical (unpaired) electrons. The molecule has 1 aromatic heterocycles. The minimum absolute atomic E-state index is 0.106. The lowest BCUT2D eigenvalue weighted by Crippen LogP contribution is -2.45. The number of nitrogens with one attached hydrogen (secondary N) is 1. The van der Waals surface area contributed by atoms with Gasteiger partial charge in [0.1, 0.15) is 12.8 Å². The van der Waals surface area contributed by atoms with E-state index in [1.807, 2.05) is 4.90 Å². The van der Waals surface area contributed by atoms with E-state index in [2.05, 4.69) is 17.4 Å². The molecule has 176 valence electrons. The molecule has 31 heavy (non-hydrogen) atoms. The van der Waals surface area contributed by atoms with Crippen LogP contribution >= 0.6 is 0 Å². The minimum atomic E-state index is -0.202. The summed E-state index contributed by atoms with van der Waals surface area (Å²) >= 11 is 0. The van der Waals surface area contributed by atoms with E-state index >= 15 is 0 Å². The Bertz CT molecular complexity index is 597. The lowest BCUT2D eigenvalue weighted by Gasteiger charge is -2.34. The summed E-state index contributed by atoms with van der Waals surface area (Å²) in [5.41, 5.74) is 0. The molecule has 1 aliphatic rings. The van der Waals surface area contributed by atoms with Crippen LogP contribution in [0.3, 0.4) is 0 Å². The van der Waals surface area contributed by atoms with E-state index in [1.54, 1.807) is 6.07 Å². The van der Waals surface area contributed by atoms with Crippen LogP contribution < -0.4 is 5.32 Å². The van der Waals surface area contributed by atoms with Crippen LogP contribution in [0.5, 0.6) is 0 Å². The highest BCUT2D eigenvalue weighted by molar-refractivity contribution is 5.93. The smallest absolute Gasteiger partial charge is 0.245 e. The lowest BCUT2D eigenvalue weighted by molar-refractivity contribution is -0.137. The van der Waals surface area contributed by atoms with Crippen molar-refractivity contribution in [1.82, 2.24) is 10.1 Å². The monoisotopic (exact) mass is 433 g/mol. The maximum Gasteiger partial charge on any atom is 0.245 e. The average molecular weight is 434 g/mol. The SMILES string of the molecule is CCCCCCCCCCCCCC(=O)N(CC(=O)Nc1ccon1)C1CCCCC1. The zero-order valence-corrected chi connectivity index (χ0v) is 19.6. The molecule has 1 saturated carbocycles. The fourth-order valence-corrected chi connectivity index (χ4v) is 4.51. The zero-order chi connectivity index (χ0) is 22.2. The van der Waals surface area contributed by atoms with E-state index < -0.39 is 0 Å². The van der Waals surface area contributed by atoms with Gasteiger partial charge < -0.3 is 14.7 Å². The van der Waals surface area contributed by atoms with E-state index in [9.17, 15) is 9.59 Å². The van der Waals surface area contributed by atoms with Gasteiger partial charge >= 0.3 is 0 Å². The number of carbonyl (C=O) groups is 2. The summed E-state index contributed by atoms with van der Waals surface area (Å²) in [4.78, 5) is 27.2. The van der Waals surface area contributed by atoms with E-state index in [0.29, 0.717) is 12.2 Å². The van der Waals surface area contributed by atoms with Crippen LogP contribution in [0.1, 0.15) is 116 Å². The quantitative estimate of drug-likeness (QED) is 0.303. The normalized spacial score (nSPS) is 14.5. The molecule has 1 aromatic rings. The highest BCUT2D eigenvalue weighted by Crippen LogP contribution is 2.24. The molecule has 0 aliphatic heterocycles. The Labute approximate surface area is 188 Å². The number of hydrogen-bond acceptors (Lipinski definition) is 4. The Morgan fingerprint density at radius 2 is 1.58 bits per heavy atom. The van der Waals surface area contributed by atoms with Crippen LogP contribution in [0, 0.1) is 0 Å². The van der Waals surface area contributed by atoms with E-state index in [0.717, 1.165) is 38.5 Å². The molecule has 0 saturated heterocycles. The summed E-state index contributed by atoms with van der Waals surface area (Å²) in [6, 6.07) is 1.80. The summed E-state index contributed by atoms with van der Waals surface area (Å²) in [6.07, 6.45) is 21.4. The maximum absolute atomic E-state index is 13.0. The lowest BCUT2D eigenvalue weighted by atomic mass is 9.93. The summed E-state index contributed by atoms with van der Waals surface area (Å²) in [6.45, 7) is 2.36. The van der Waals surface area contributed by atoms with Gasteiger partial charge in [0.05, 0.1) is 0 Å². The van der Waals surface area contributed by atoms with Gasteiger partial charge in [-0.25, -0.2) is 0 Å². The molecule has 1 heterocycles. The first-order chi connectivity index (χ1) is 15.2. The third-order valence-corrected chi connectivity index (χ3v) is 6.35. The van der Waals surface area contributed by atoms with Crippen molar-refractivity contribution in [3.8, 4) is 0 Å². The van der Waals surface area contributed by atoms with Gasteiger partial charge in [0, 0.05) is 18.5 Å². The van der Waals surface area contributed by atoms with E-state index in [1.165, 1.54) is 70.5 Å². The topological polar surface area (TPSA) is 75.4 Å². The summed E-state index contributed by atoms with van der Waals surface area (Å²) in [5, 5.41) is 6.44. The molecule has 1 N–H and O–H groups in total. The Morgan fingerprint density at radius 1 is 0.968 bits per heavy atom. The fourth-order valence-electron chi connectivity index (χ4n) is 4.51. The largest absolute Gasteiger partial charge is 0.363 e. The second kappa shape index (κ2) is 15.9. The first kappa shape index (κ1) is 25.4. The van der Waals surface area contributed by atoms with Crippen molar-refractivity contribution >= 4 is 17.6 Å². The van der Waals surface area contributed by atoms with Crippen molar-refractivity contribution in [3.63, 3.8) is 0 Å². The zero-order valence-electron chi connectivity index (χ0n) is 19.6. The van der Waals surface area contributed by atoms with Gasteiger partial charge in [0.15, 0.2) is 5.82 Å². The van der Waals surface area contributed by atoms with Crippen LogP contribution in [0.25, 0.3) is 0 Å². The van der Waals surface area contributed by atoms with Crippen LogP contribution in [0.4, 0.5) is 5.82 Å². The maximum atomic E-state index is 13.0. The van der Waals surface area contributed by atoms with Gasteiger partial charge in [-0.1, -0.05) is 95.6 Å². The van der Waals surface area contributed by atoms with Gasteiger partial charge in [-0.15, -0.1) is 0 Å². The summed E-state index contributed by atoms with van der Waals surface area (Å²) in [5.74, 6) is 0.316. The number of amides is 2. The third-order valence-electron chi connectivity index (χ3n) is 6.35. The summed E-state index contributed by atoms with van der Waals surface area (Å²) < 4.78 is 4.76. The summed E-state index contributed by atoms with van der Waals surface area (Å²) in [7, 11) is 0. The highest BCUT2D eigenvalue weighted by Gasteiger charge is 2.27. The predicted molar refractivity (Wildman–Crippen MR) is 125 cm³/mol. The second-order valence-corrected chi connectivity index (χ2v) is 9.03. The van der Waals surface area contributed by atoms with Crippen molar-refractivity contribution in [1.29, 1.82) is 0 Å². The second-order valence-electron chi connectivity index (χ2n) is 9.03. The van der Waals surface area contributed by atoms with Crippen molar-refractivity contribution in [3.05, 3.63) is 12.3 Å². The van der Waals surface area contributed by atoms with Gasteiger partial charge in [-0.3, -0.25) is 9.59 Å². The molecule has 0 bridgehead atoms. The van der Waals surface area contributed by atoms with Crippen LogP contribution in [0.15, 0.2) is 16.9 Å². The molecule has 2 amide bonds. The van der Waals surface area contributed by atoms with E-state index in [-0.39, 0.29) is 24.4 Å². The first-order valence-corrected chi connectivity index (χ1v) is 12.7. The number of hydrogen-bond donors (Lipinski definition) is 1. The van der Waals surface area contributed by atoms with E-state index in [4.69, 9.17) is 4.52 Å². The molecule has 0 unspecified atom stereocenters.